The zero-order valence-corrected chi connectivity index (χ0v) is 16.7. The number of methoxy groups -OCH3 is 1. The Morgan fingerprint density at radius 3 is 2.21 bits per heavy atom. The molecule has 3 N–H and O–H groups in total. The van der Waals surface area contributed by atoms with Gasteiger partial charge in [0, 0.05) is 18.5 Å². The maximum atomic E-state index is 12.0. The van der Waals surface area contributed by atoms with Crippen molar-refractivity contribution in [3.05, 3.63) is 35.4 Å². The summed E-state index contributed by atoms with van der Waals surface area (Å²) in [6.07, 6.45) is -2.70. The average Bonchev–Trinajstić information content (AvgIpc) is 2.63. The van der Waals surface area contributed by atoms with Crippen LogP contribution in [-0.4, -0.2) is 53.4 Å². The molecule has 2 unspecified atom stereocenters. The number of carbonyl (C=O) groups is 3. The zero-order chi connectivity index (χ0) is 21.3. The summed E-state index contributed by atoms with van der Waals surface area (Å²) in [6.45, 7) is 5.37. The normalized spacial score (nSPS) is 13.4. The Hall–Kier alpha value is -2.45. The van der Waals surface area contributed by atoms with Crippen molar-refractivity contribution in [3.8, 4) is 0 Å². The fourth-order valence-corrected chi connectivity index (χ4v) is 2.34. The third kappa shape index (κ3) is 8.49. The van der Waals surface area contributed by atoms with Gasteiger partial charge in [-0.3, -0.25) is 9.59 Å². The van der Waals surface area contributed by atoms with Gasteiger partial charge in [-0.05, 0) is 32.8 Å². The molecule has 0 saturated carbocycles. The van der Waals surface area contributed by atoms with Crippen LogP contribution in [0, 0.1) is 0 Å². The highest BCUT2D eigenvalue weighted by molar-refractivity contribution is 5.97. The fraction of sp³-hybridized carbons (Fsp3) is 0.550. The summed E-state index contributed by atoms with van der Waals surface area (Å²) in [5, 5.41) is 22.9. The van der Waals surface area contributed by atoms with Gasteiger partial charge >= 0.3 is 12.1 Å². The smallest absolute Gasteiger partial charge is 0.407 e. The minimum absolute atomic E-state index is 0.00305. The van der Waals surface area contributed by atoms with Crippen LogP contribution in [0.15, 0.2) is 24.3 Å². The van der Waals surface area contributed by atoms with Crippen molar-refractivity contribution in [2.24, 2.45) is 0 Å². The highest BCUT2D eigenvalue weighted by Gasteiger charge is 2.20. The first-order valence-corrected chi connectivity index (χ1v) is 9.06. The Balaban J connectivity index is 2.50. The van der Waals surface area contributed by atoms with E-state index >= 15 is 0 Å². The minimum Gasteiger partial charge on any atom is -0.469 e. The summed E-state index contributed by atoms with van der Waals surface area (Å²) in [5.41, 5.74) is 0.230. The van der Waals surface area contributed by atoms with Crippen LogP contribution in [0.4, 0.5) is 4.79 Å². The zero-order valence-electron chi connectivity index (χ0n) is 16.7. The molecular weight excluding hydrogens is 366 g/mol. The topological polar surface area (TPSA) is 122 Å². The van der Waals surface area contributed by atoms with Crippen molar-refractivity contribution < 1.29 is 34.1 Å². The number of aliphatic hydroxyl groups excluding tert-OH is 2. The Labute approximate surface area is 164 Å². The molecule has 0 aromatic heterocycles. The molecule has 0 aliphatic carbocycles. The predicted molar refractivity (Wildman–Crippen MR) is 102 cm³/mol. The molecule has 8 heteroatoms. The number of alkyl carbamates (subject to hydrolysis) is 1. The second kappa shape index (κ2) is 10.8. The molecule has 0 spiro atoms. The lowest BCUT2D eigenvalue weighted by Gasteiger charge is -2.21. The summed E-state index contributed by atoms with van der Waals surface area (Å²) in [4.78, 5) is 34.7. The van der Waals surface area contributed by atoms with Gasteiger partial charge in [-0.1, -0.05) is 24.3 Å². The van der Waals surface area contributed by atoms with Crippen molar-refractivity contribution in [2.75, 3.05) is 13.7 Å². The number of aliphatic hydroxyl groups is 2. The van der Waals surface area contributed by atoms with E-state index < -0.39 is 29.9 Å². The Morgan fingerprint density at radius 2 is 1.68 bits per heavy atom. The molecule has 8 nitrogen and oxygen atoms in total. The number of amides is 1. The number of ether oxygens (including phenoxy) is 2. The van der Waals surface area contributed by atoms with E-state index in [1.165, 1.54) is 19.2 Å². The summed E-state index contributed by atoms with van der Waals surface area (Å²) in [5.74, 6) is -0.669. The molecule has 1 rings (SSSR count). The van der Waals surface area contributed by atoms with Crippen LogP contribution in [0.5, 0.6) is 0 Å². The molecular formula is C20H29NO7. The molecule has 0 heterocycles. The van der Waals surface area contributed by atoms with E-state index in [1.54, 1.807) is 32.9 Å². The SMILES string of the molecule is COC(=O)CCC(=O)c1ccc(C(O)C(O)CCNC(=O)OC(C)(C)C)cc1. The standard InChI is InChI=1S/C20H29NO7/c1-20(2,3)28-19(26)21-12-11-16(23)18(25)14-7-5-13(6-8-14)15(22)9-10-17(24)27-4/h5-8,16,18,23,25H,9-12H2,1-4H3,(H,21,26). The number of hydrogen-bond acceptors (Lipinski definition) is 7. The van der Waals surface area contributed by atoms with Crippen molar-refractivity contribution in [2.45, 2.75) is 57.8 Å². The number of rotatable bonds is 9. The van der Waals surface area contributed by atoms with Crippen LogP contribution in [0.3, 0.4) is 0 Å². The third-order valence-electron chi connectivity index (χ3n) is 3.83. The lowest BCUT2D eigenvalue weighted by Crippen LogP contribution is -2.34. The van der Waals surface area contributed by atoms with E-state index in [4.69, 9.17) is 4.74 Å². The van der Waals surface area contributed by atoms with Crippen molar-refractivity contribution in [1.29, 1.82) is 0 Å². The molecule has 0 aliphatic heterocycles. The molecule has 156 valence electrons. The van der Waals surface area contributed by atoms with Gasteiger partial charge in [-0.2, -0.15) is 0 Å². The summed E-state index contributed by atoms with van der Waals surface area (Å²) >= 11 is 0. The van der Waals surface area contributed by atoms with Gasteiger partial charge in [-0.15, -0.1) is 0 Å². The molecule has 28 heavy (non-hydrogen) atoms. The van der Waals surface area contributed by atoms with E-state index in [2.05, 4.69) is 10.1 Å². The van der Waals surface area contributed by atoms with E-state index in [9.17, 15) is 24.6 Å². The van der Waals surface area contributed by atoms with Crippen molar-refractivity contribution in [1.82, 2.24) is 5.32 Å². The second-order valence-corrected chi connectivity index (χ2v) is 7.35. The molecule has 0 radical (unpaired) electrons. The summed E-state index contributed by atoms with van der Waals surface area (Å²) < 4.78 is 9.58. The van der Waals surface area contributed by atoms with Crippen LogP contribution in [0.25, 0.3) is 0 Å². The maximum Gasteiger partial charge on any atom is 0.407 e. The van der Waals surface area contributed by atoms with Gasteiger partial charge in [0.15, 0.2) is 5.78 Å². The summed E-state index contributed by atoms with van der Waals surface area (Å²) in [6, 6.07) is 6.15. The number of hydrogen-bond donors (Lipinski definition) is 3. The third-order valence-corrected chi connectivity index (χ3v) is 3.83. The van der Waals surface area contributed by atoms with Crippen LogP contribution < -0.4 is 5.32 Å². The largest absolute Gasteiger partial charge is 0.469 e. The predicted octanol–water partition coefficient (Wildman–Crippen LogP) is 2.13. The monoisotopic (exact) mass is 395 g/mol. The first-order chi connectivity index (χ1) is 13.0. The molecule has 0 fully saturated rings. The van der Waals surface area contributed by atoms with E-state index in [1.807, 2.05) is 0 Å². The van der Waals surface area contributed by atoms with Gasteiger partial charge in [0.25, 0.3) is 0 Å². The second-order valence-electron chi connectivity index (χ2n) is 7.35. The van der Waals surface area contributed by atoms with Crippen molar-refractivity contribution >= 4 is 17.8 Å². The average molecular weight is 395 g/mol. The van der Waals surface area contributed by atoms with Crippen LogP contribution >= 0.6 is 0 Å². The Kier molecular flexibility index (Phi) is 9.08. The number of ketones is 1. The fourth-order valence-electron chi connectivity index (χ4n) is 2.34. The van der Waals surface area contributed by atoms with Gasteiger partial charge < -0.3 is 25.0 Å². The number of Topliss-reactive ketones (excluding diaryl/α,β-unsaturated/α-hetero) is 1. The molecule has 1 aromatic rings. The molecule has 1 aromatic carbocycles. The first kappa shape index (κ1) is 23.6. The van der Waals surface area contributed by atoms with Gasteiger partial charge in [-0.25, -0.2) is 4.79 Å². The van der Waals surface area contributed by atoms with E-state index in [0.717, 1.165) is 0 Å². The van der Waals surface area contributed by atoms with Crippen LogP contribution in [0.1, 0.15) is 62.1 Å². The number of esters is 1. The van der Waals surface area contributed by atoms with E-state index in [0.29, 0.717) is 11.1 Å². The first-order valence-electron chi connectivity index (χ1n) is 9.06. The summed E-state index contributed by atoms with van der Waals surface area (Å²) in [7, 11) is 1.26. The molecule has 1 amide bonds. The van der Waals surface area contributed by atoms with Gasteiger partial charge in [0.1, 0.15) is 11.7 Å². The lowest BCUT2D eigenvalue weighted by molar-refractivity contribution is -0.140. The number of benzene rings is 1. The molecule has 0 aliphatic rings. The molecule has 0 saturated heterocycles. The van der Waals surface area contributed by atoms with Crippen molar-refractivity contribution in [3.63, 3.8) is 0 Å². The van der Waals surface area contributed by atoms with Gasteiger partial charge in [0.2, 0.25) is 0 Å². The maximum absolute atomic E-state index is 12.0. The highest BCUT2D eigenvalue weighted by atomic mass is 16.6. The Bertz CT molecular complexity index is 664. The highest BCUT2D eigenvalue weighted by Crippen LogP contribution is 2.20. The van der Waals surface area contributed by atoms with Gasteiger partial charge in [0.05, 0.1) is 19.6 Å². The van der Waals surface area contributed by atoms with E-state index in [-0.39, 0.29) is 31.6 Å². The molecule has 0 bridgehead atoms. The molecule has 2 atom stereocenters. The Morgan fingerprint density at radius 1 is 1.07 bits per heavy atom. The minimum atomic E-state index is -1.17. The lowest BCUT2D eigenvalue weighted by atomic mass is 9.99. The van der Waals surface area contributed by atoms with Crippen LogP contribution in [-0.2, 0) is 14.3 Å². The number of carbonyl (C=O) groups excluding carboxylic acids is 3. The quantitative estimate of drug-likeness (QED) is 0.432. The van der Waals surface area contributed by atoms with Crippen LogP contribution in [0.2, 0.25) is 0 Å². The number of nitrogens with one attached hydrogen (secondary N) is 1.